The number of aliphatic hydroxyl groups is 1. The highest BCUT2D eigenvalue weighted by molar-refractivity contribution is 6.43. The summed E-state index contributed by atoms with van der Waals surface area (Å²) in [5.41, 5.74) is 6.41. The molecule has 0 amide bonds. The van der Waals surface area contributed by atoms with E-state index in [4.69, 9.17) is 40.5 Å². The standard InChI is InChI=1S/C10H12Cl3NO.ClH/c1-2-8(15)10(14)6-3-5(11)4-7(12)9(6)13;/h3-4,8,10,15H,2,14H2,1H3;1H/t8-,10+;/m1./s1. The van der Waals surface area contributed by atoms with Crippen LogP contribution in [0.25, 0.3) is 0 Å². The molecule has 2 nitrogen and oxygen atoms in total. The van der Waals surface area contributed by atoms with E-state index >= 15 is 0 Å². The minimum absolute atomic E-state index is 0. The van der Waals surface area contributed by atoms with E-state index in [9.17, 15) is 5.11 Å². The second-order valence-corrected chi connectivity index (χ2v) is 4.51. The van der Waals surface area contributed by atoms with Gasteiger partial charge in [-0.1, -0.05) is 41.7 Å². The monoisotopic (exact) mass is 303 g/mol. The van der Waals surface area contributed by atoms with Crippen LogP contribution < -0.4 is 5.73 Å². The third-order valence-electron chi connectivity index (χ3n) is 2.21. The second kappa shape index (κ2) is 6.90. The van der Waals surface area contributed by atoms with Gasteiger partial charge >= 0.3 is 0 Å². The summed E-state index contributed by atoms with van der Waals surface area (Å²) in [5, 5.41) is 10.8. The maximum absolute atomic E-state index is 9.62. The highest BCUT2D eigenvalue weighted by Gasteiger charge is 2.19. The van der Waals surface area contributed by atoms with Crippen LogP contribution in [0.15, 0.2) is 12.1 Å². The van der Waals surface area contributed by atoms with Crippen LogP contribution in [0.4, 0.5) is 0 Å². The van der Waals surface area contributed by atoms with Gasteiger partial charge in [0.1, 0.15) is 0 Å². The van der Waals surface area contributed by atoms with Gasteiger partial charge in [-0.05, 0) is 24.1 Å². The van der Waals surface area contributed by atoms with E-state index in [1.165, 1.54) is 0 Å². The summed E-state index contributed by atoms with van der Waals surface area (Å²) in [4.78, 5) is 0. The van der Waals surface area contributed by atoms with Gasteiger partial charge in [-0.2, -0.15) is 0 Å². The van der Waals surface area contributed by atoms with Gasteiger partial charge in [0.25, 0.3) is 0 Å². The third kappa shape index (κ3) is 3.66. The van der Waals surface area contributed by atoms with Gasteiger partial charge in [0.2, 0.25) is 0 Å². The first kappa shape index (κ1) is 16.3. The SMILES string of the molecule is CC[C@@H](O)[C@@H](N)c1cc(Cl)cc(Cl)c1Cl.Cl. The summed E-state index contributed by atoms with van der Waals surface area (Å²) in [7, 11) is 0. The van der Waals surface area contributed by atoms with Crippen LogP contribution in [0.1, 0.15) is 24.9 Å². The van der Waals surface area contributed by atoms with Crippen molar-refractivity contribution in [3.05, 3.63) is 32.8 Å². The Bertz CT molecular complexity index is 359. The van der Waals surface area contributed by atoms with Gasteiger partial charge < -0.3 is 10.8 Å². The molecule has 0 aliphatic heterocycles. The van der Waals surface area contributed by atoms with Crippen LogP contribution in [-0.4, -0.2) is 11.2 Å². The lowest BCUT2D eigenvalue weighted by atomic mass is 10.0. The lowest BCUT2D eigenvalue weighted by Crippen LogP contribution is -2.25. The fourth-order valence-corrected chi connectivity index (χ4v) is 2.02. The molecular formula is C10H13Cl4NO. The molecule has 0 unspecified atom stereocenters. The summed E-state index contributed by atoms with van der Waals surface area (Å²) in [5.74, 6) is 0. The molecule has 0 heterocycles. The highest BCUT2D eigenvalue weighted by atomic mass is 35.5. The average molecular weight is 305 g/mol. The van der Waals surface area contributed by atoms with Crippen molar-refractivity contribution in [3.8, 4) is 0 Å². The van der Waals surface area contributed by atoms with Gasteiger partial charge in [-0.25, -0.2) is 0 Å². The Balaban J connectivity index is 0.00000225. The van der Waals surface area contributed by atoms with Crippen molar-refractivity contribution in [1.82, 2.24) is 0 Å². The number of hydrogen-bond acceptors (Lipinski definition) is 2. The molecule has 6 heteroatoms. The van der Waals surface area contributed by atoms with Crippen molar-refractivity contribution in [2.24, 2.45) is 5.73 Å². The Hall–Kier alpha value is 0.300. The molecule has 2 atom stereocenters. The summed E-state index contributed by atoms with van der Waals surface area (Å²) < 4.78 is 0. The predicted octanol–water partition coefficient (Wildman–Crippen LogP) is 3.84. The van der Waals surface area contributed by atoms with Crippen LogP contribution in [0.2, 0.25) is 15.1 Å². The first-order valence-electron chi connectivity index (χ1n) is 4.55. The van der Waals surface area contributed by atoms with E-state index in [-0.39, 0.29) is 12.4 Å². The Morgan fingerprint density at radius 2 is 1.88 bits per heavy atom. The van der Waals surface area contributed by atoms with Crippen molar-refractivity contribution in [1.29, 1.82) is 0 Å². The number of hydrogen-bond donors (Lipinski definition) is 2. The number of halogens is 4. The lowest BCUT2D eigenvalue weighted by molar-refractivity contribution is 0.141. The Labute approximate surface area is 116 Å². The first-order chi connectivity index (χ1) is 6.97. The zero-order chi connectivity index (χ0) is 11.6. The fraction of sp³-hybridized carbons (Fsp3) is 0.400. The van der Waals surface area contributed by atoms with E-state index in [1.807, 2.05) is 6.92 Å². The quantitative estimate of drug-likeness (QED) is 0.834. The van der Waals surface area contributed by atoms with Gasteiger partial charge in [0.05, 0.1) is 22.2 Å². The van der Waals surface area contributed by atoms with Crippen LogP contribution in [0, 0.1) is 0 Å². The number of aliphatic hydroxyl groups excluding tert-OH is 1. The summed E-state index contributed by atoms with van der Waals surface area (Å²) in [6, 6.07) is 2.60. The van der Waals surface area contributed by atoms with E-state index < -0.39 is 12.1 Å². The van der Waals surface area contributed by atoms with Gasteiger partial charge in [0, 0.05) is 5.02 Å². The lowest BCUT2D eigenvalue weighted by Gasteiger charge is -2.19. The predicted molar refractivity (Wildman–Crippen MR) is 71.9 cm³/mol. The van der Waals surface area contributed by atoms with Crippen LogP contribution >= 0.6 is 47.2 Å². The molecule has 3 N–H and O–H groups in total. The normalized spacial score (nSPS) is 14.1. The van der Waals surface area contributed by atoms with Crippen molar-refractivity contribution >= 4 is 47.2 Å². The van der Waals surface area contributed by atoms with Crippen LogP contribution in [0.3, 0.4) is 0 Å². The zero-order valence-electron chi connectivity index (χ0n) is 8.58. The Morgan fingerprint density at radius 3 is 2.38 bits per heavy atom. The van der Waals surface area contributed by atoms with E-state index in [0.717, 1.165) is 0 Å². The molecular weight excluding hydrogens is 292 g/mol. The van der Waals surface area contributed by atoms with Crippen LogP contribution in [-0.2, 0) is 0 Å². The topological polar surface area (TPSA) is 46.2 Å². The molecule has 0 bridgehead atoms. The molecule has 0 radical (unpaired) electrons. The number of rotatable bonds is 3. The van der Waals surface area contributed by atoms with Crippen LogP contribution in [0.5, 0.6) is 0 Å². The molecule has 1 aromatic rings. The summed E-state index contributed by atoms with van der Waals surface area (Å²) in [6.45, 7) is 1.84. The fourth-order valence-electron chi connectivity index (χ4n) is 1.28. The average Bonchev–Trinajstić information content (AvgIpc) is 2.21. The minimum atomic E-state index is -0.656. The van der Waals surface area contributed by atoms with Gasteiger partial charge in [0.15, 0.2) is 0 Å². The van der Waals surface area contributed by atoms with E-state index in [2.05, 4.69) is 0 Å². The maximum Gasteiger partial charge on any atom is 0.0730 e. The Morgan fingerprint density at radius 1 is 1.31 bits per heavy atom. The first-order valence-corrected chi connectivity index (χ1v) is 5.68. The molecule has 1 rings (SSSR count). The molecule has 16 heavy (non-hydrogen) atoms. The summed E-state index contributed by atoms with van der Waals surface area (Å²) >= 11 is 17.7. The second-order valence-electron chi connectivity index (χ2n) is 3.29. The summed E-state index contributed by atoms with van der Waals surface area (Å²) in [6.07, 6.45) is -0.112. The molecule has 0 aromatic heterocycles. The number of nitrogens with two attached hydrogens (primary N) is 1. The number of benzene rings is 1. The molecule has 0 saturated carbocycles. The van der Waals surface area contributed by atoms with Gasteiger partial charge in [-0.3, -0.25) is 0 Å². The molecule has 0 aliphatic rings. The smallest absolute Gasteiger partial charge is 0.0730 e. The van der Waals surface area contributed by atoms with E-state index in [0.29, 0.717) is 27.1 Å². The molecule has 0 fully saturated rings. The Kier molecular flexibility index (Phi) is 7.03. The maximum atomic E-state index is 9.62. The molecule has 92 valence electrons. The third-order valence-corrected chi connectivity index (χ3v) is 3.25. The molecule has 1 aromatic carbocycles. The largest absolute Gasteiger partial charge is 0.391 e. The van der Waals surface area contributed by atoms with Crippen molar-refractivity contribution in [3.63, 3.8) is 0 Å². The van der Waals surface area contributed by atoms with Crippen molar-refractivity contribution in [2.45, 2.75) is 25.5 Å². The highest BCUT2D eigenvalue weighted by Crippen LogP contribution is 2.34. The molecule has 0 aliphatic carbocycles. The minimum Gasteiger partial charge on any atom is -0.391 e. The van der Waals surface area contributed by atoms with E-state index in [1.54, 1.807) is 12.1 Å². The van der Waals surface area contributed by atoms with Crippen molar-refractivity contribution < 1.29 is 5.11 Å². The van der Waals surface area contributed by atoms with Gasteiger partial charge in [-0.15, -0.1) is 12.4 Å². The zero-order valence-corrected chi connectivity index (χ0v) is 11.7. The molecule has 0 saturated heterocycles. The molecule has 0 spiro atoms. The van der Waals surface area contributed by atoms with Crippen molar-refractivity contribution in [2.75, 3.05) is 0 Å².